The van der Waals surface area contributed by atoms with Gasteiger partial charge in [0, 0.05) is 4.88 Å². The minimum Gasteiger partial charge on any atom is -0.271 e. The number of carbonyl (C=O) groups is 1. The molecule has 0 fully saturated rings. The van der Waals surface area contributed by atoms with Crippen LogP contribution in [0.1, 0.15) is 24.3 Å². The summed E-state index contributed by atoms with van der Waals surface area (Å²) in [6.45, 7) is 3.42. The summed E-state index contributed by atoms with van der Waals surface area (Å²) in [4.78, 5) is 13.6. The molecule has 0 aliphatic heterocycles. The number of rotatable bonds is 8. The van der Waals surface area contributed by atoms with E-state index in [-0.39, 0.29) is 11.4 Å². The molecule has 0 aliphatic carbocycles. The van der Waals surface area contributed by atoms with Gasteiger partial charge in [-0.3, -0.25) is 9.10 Å². The molecule has 0 atom stereocenters. The first kappa shape index (κ1) is 21.7. The van der Waals surface area contributed by atoms with Crippen molar-refractivity contribution < 1.29 is 13.2 Å². The van der Waals surface area contributed by atoms with Crippen LogP contribution in [-0.4, -0.2) is 26.6 Å². The van der Waals surface area contributed by atoms with Crippen LogP contribution < -0.4 is 9.73 Å². The lowest BCUT2D eigenvalue weighted by atomic mass is 10.1. The van der Waals surface area contributed by atoms with E-state index >= 15 is 0 Å². The SMILES string of the molecule is CCc1ccc(N(CC(=O)N/N=C(/C)c2cccs2)S(=O)(=O)c2ccccc2)cc1. The summed E-state index contributed by atoms with van der Waals surface area (Å²) >= 11 is 1.51. The second-order valence-corrected chi connectivity index (χ2v) is 9.36. The van der Waals surface area contributed by atoms with Crippen LogP contribution in [-0.2, 0) is 21.2 Å². The predicted octanol–water partition coefficient (Wildman–Crippen LogP) is 4.05. The van der Waals surface area contributed by atoms with E-state index in [1.807, 2.05) is 36.6 Å². The Bertz CT molecular complexity index is 1110. The van der Waals surface area contributed by atoms with Crippen LogP contribution in [0.4, 0.5) is 5.69 Å². The van der Waals surface area contributed by atoms with Crippen molar-refractivity contribution in [3.05, 3.63) is 82.6 Å². The molecule has 1 N–H and O–H groups in total. The van der Waals surface area contributed by atoms with Gasteiger partial charge < -0.3 is 0 Å². The first-order valence-corrected chi connectivity index (χ1v) is 11.8. The van der Waals surface area contributed by atoms with Gasteiger partial charge in [0.05, 0.1) is 16.3 Å². The van der Waals surface area contributed by atoms with Gasteiger partial charge in [0.1, 0.15) is 6.54 Å². The highest BCUT2D eigenvalue weighted by molar-refractivity contribution is 7.92. The van der Waals surface area contributed by atoms with Crippen LogP contribution in [0.5, 0.6) is 0 Å². The lowest BCUT2D eigenvalue weighted by Crippen LogP contribution is -2.39. The normalized spacial score (nSPS) is 11.9. The zero-order chi connectivity index (χ0) is 21.6. The van der Waals surface area contributed by atoms with Gasteiger partial charge in [-0.2, -0.15) is 5.10 Å². The predicted molar refractivity (Wildman–Crippen MR) is 121 cm³/mol. The zero-order valence-corrected chi connectivity index (χ0v) is 18.4. The van der Waals surface area contributed by atoms with Crippen molar-refractivity contribution in [2.75, 3.05) is 10.8 Å². The Labute approximate surface area is 180 Å². The highest BCUT2D eigenvalue weighted by atomic mass is 32.2. The summed E-state index contributed by atoms with van der Waals surface area (Å²) in [5, 5.41) is 6.02. The molecule has 30 heavy (non-hydrogen) atoms. The number of aryl methyl sites for hydroxylation is 1. The fraction of sp³-hybridized carbons (Fsp3) is 0.182. The van der Waals surface area contributed by atoms with Gasteiger partial charge in [0.15, 0.2) is 0 Å². The number of nitrogens with one attached hydrogen (secondary N) is 1. The van der Waals surface area contributed by atoms with Gasteiger partial charge in [-0.05, 0) is 54.6 Å². The Balaban J connectivity index is 1.87. The van der Waals surface area contributed by atoms with Crippen molar-refractivity contribution >= 4 is 38.7 Å². The van der Waals surface area contributed by atoms with E-state index in [1.54, 1.807) is 37.3 Å². The molecule has 0 unspecified atom stereocenters. The molecular formula is C22H23N3O3S2. The maximum Gasteiger partial charge on any atom is 0.264 e. The monoisotopic (exact) mass is 441 g/mol. The molecule has 1 heterocycles. The fourth-order valence-corrected chi connectivity index (χ4v) is 4.90. The quantitative estimate of drug-likeness (QED) is 0.423. The molecule has 0 saturated carbocycles. The Morgan fingerprint density at radius 3 is 2.33 bits per heavy atom. The number of hydrazone groups is 1. The maximum atomic E-state index is 13.3. The summed E-state index contributed by atoms with van der Waals surface area (Å²) in [6, 6.07) is 19.0. The van der Waals surface area contributed by atoms with Crippen molar-refractivity contribution in [2.24, 2.45) is 5.10 Å². The van der Waals surface area contributed by atoms with Crippen molar-refractivity contribution in [2.45, 2.75) is 25.2 Å². The molecule has 0 bridgehead atoms. The van der Waals surface area contributed by atoms with Gasteiger partial charge >= 0.3 is 0 Å². The Morgan fingerprint density at radius 1 is 1.03 bits per heavy atom. The molecule has 1 amide bonds. The van der Waals surface area contributed by atoms with Gasteiger partial charge in [0.25, 0.3) is 15.9 Å². The second kappa shape index (κ2) is 9.69. The van der Waals surface area contributed by atoms with E-state index in [0.29, 0.717) is 11.4 Å². The first-order chi connectivity index (χ1) is 14.4. The van der Waals surface area contributed by atoms with Crippen molar-refractivity contribution in [3.8, 4) is 0 Å². The van der Waals surface area contributed by atoms with E-state index in [2.05, 4.69) is 10.5 Å². The maximum absolute atomic E-state index is 13.3. The third-order valence-corrected chi connectivity index (χ3v) is 7.24. The van der Waals surface area contributed by atoms with Gasteiger partial charge in [-0.15, -0.1) is 11.3 Å². The van der Waals surface area contributed by atoms with Crippen LogP contribution in [0.15, 0.2) is 82.1 Å². The Hall–Kier alpha value is -2.97. The number of carbonyl (C=O) groups excluding carboxylic acids is 1. The summed E-state index contributed by atoms with van der Waals surface area (Å²) in [6.07, 6.45) is 0.836. The molecule has 156 valence electrons. The smallest absolute Gasteiger partial charge is 0.264 e. The topological polar surface area (TPSA) is 78.8 Å². The van der Waals surface area contributed by atoms with E-state index in [0.717, 1.165) is 21.2 Å². The van der Waals surface area contributed by atoms with Gasteiger partial charge in [-0.25, -0.2) is 13.8 Å². The molecule has 0 radical (unpaired) electrons. The number of sulfonamides is 1. The largest absolute Gasteiger partial charge is 0.271 e. The third-order valence-electron chi connectivity index (χ3n) is 4.48. The number of amides is 1. The highest BCUT2D eigenvalue weighted by Gasteiger charge is 2.27. The van der Waals surface area contributed by atoms with Crippen LogP contribution in [0.3, 0.4) is 0 Å². The van der Waals surface area contributed by atoms with Crippen molar-refractivity contribution in [1.29, 1.82) is 0 Å². The van der Waals surface area contributed by atoms with Crippen molar-refractivity contribution in [1.82, 2.24) is 5.43 Å². The molecule has 0 spiro atoms. The van der Waals surface area contributed by atoms with E-state index < -0.39 is 15.9 Å². The second-order valence-electron chi connectivity index (χ2n) is 6.55. The lowest BCUT2D eigenvalue weighted by molar-refractivity contribution is -0.119. The van der Waals surface area contributed by atoms with Crippen LogP contribution in [0, 0.1) is 0 Å². The lowest BCUT2D eigenvalue weighted by Gasteiger charge is -2.24. The summed E-state index contributed by atoms with van der Waals surface area (Å²) in [7, 11) is -3.92. The number of thiophene rings is 1. The molecule has 3 aromatic rings. The van der Waals surface area contributed by atoms with Crippen LogP contribution in [0.2, 0.25) is 0 Å². The third kappa shape index (κ3) is 5.14. The van der Waals surface area contributed by atoms with E-state index in [1.165, 1.54) is 23.5 Å². The van der Waals surface area contributed by atoms with Crippen LogP contribution in [0.25, 0.3) is 0 Å². The molecule has 8 heteroatoms. The van der Waals surface area contributed by atoms with Crippen molar-refractivity contribution in [3.63, 3.8) is 0 Å². The molecule has 6 nitrogen and oxygen atoms in total. The van der Waals surface area contributed by atoms with Crippen LogP contribution >= 0.6 is 11.3 Å². The molecular weight excluding hydrogens is 418 g/mol. The Morgan fingerprint density at radius 2 is 1.73 bits per heavy atom. The average molecular weight is 442 g/mol. The highest BCUT2D eigenvalue weighted by Crippen LogP contribution is 2.24. The molecule has 0 saturated heterocycles. The summed E-state index contributed by atoms with van der Waals surface area (Å²) in [5.41, 5.74) is 4.62. The molecule has 1 aromatic heterocycles. The molecule has 3 rings (SSSR count). The summed E-state index contributed by atoms with van der Waals surface area (Å²) in [5.74, 6) is -0.523. The number of hydrogen-bond donors (Lipinski definition) is 1. The standard InChI is InChI=1S/C22H23N3O3S2/c1-3-18-11-13-19(14-12-18)25(30(27,28)20-8-5-4-6-9-20)16-22(26)24-23-17(2)21-10-7-15-29-21/h4-15H,3,16H2,1-2H3,(H,24,26)/b23-17-. The molecule has 0 aliphatic rings. The zero-order valence-electron chi connectivity index (χ0n) is 16.8. The summed E-state index contributed by atoms with van der Waals surface area (Å²) < 4.78 is 27.6. The number of anilines is 1. The van der Waals surface area contributed by atoms with E-state index in [4.69, 9.17) is 0 Å². The molecule has 2 aromatic carbocycles. The van der Waals surface area contributed by atoms with E-state index in [9.17, 15) is 13.2 Å². The average Bonchev–Trinajstić information content (AvgIpc) is 3.31. The van der Waals surface area contributed by atoms with Gasteiger partial charge in [0.2, 0.25) is 0 Å². The number of hydrogen-bond acceptors (Lipinski definition) is 5. The minimum atomic E-state index is -3.92. The van der Waals surface area contributed by atoms with Gasteiger partial charge in [-0.1, -0.05) is 43.3 Å². The number of benzene rings is 2. The minimum absolute atomic E-state index is 0.121. The fourth-order valence-electron chi connectivity index (χ4n) is 2.78. The number of nitrogens with zero attached hydrogens (tertiary/aromatic N) is 2. The Kier molecular flexibility index (Phi) is 7.02. The first-order valence-electron chi connectivity index (χ1n) is 9.45.